The smallest absolute Gasteiger partial charge is 1.00 e. The van der Waals surface area contributed by atoms with Crippen LogP contribution in [0, 0.1) is 12.0 Å². The van der Waals surface area contributed by atoms with E-state index >= 15 is 0 Å². The largest absolute Gasteiger partial charge is 1.00 e. The van der Waals surface area contributed by atoms with Gasteiger partial charge in [-0.2, -0.15) is 6.08 Å². The summed E-state index contributed by atoms with van der Waals surface area (Å²) in [5, 5.41) is 5.48. The fourth-order valence-corrected chi connectivity index (χ4v) is 3.70. The number of hydrogen-bond acceptors (Lipinski definition) is 0. The molecule has 4 heteroatoms. The molecule has 0 nitrogen and oxygen atoms in total. The van der Waals surface area contributed by atoms with E-state index < -0.39 is 0 Å². The average Bonchev–Trinajstić information content (AvgIpc) is 3.21. The molecule has 0 saturated carbocycles. The minimum absolute atomic E-state index is 0. The van der Waals surface area contributed by atoms with E-state index in [0.29, 0.717) is 5.92 Å². The second-order valence-corrected chi connectivity index (χ2v) is 24.0. The van der Waals surface area contributed by atoms with Crippen molar-refractivity contribution in [3.05, 3.63) is 77.4 Å². The van der Waals surface area contributed by atoms with Gasteiger partial charge in [-0.15, -0.1) is 39.7 Å². The van der Waals surface area contributed by atoms with Crippen LogP contribution in [0.4, 0.5) is 0 Å². The summed E-state index contributed by atoms with van der Waals surface area (Å²) in [6, 6.07) is 16.2. The van der Waals surface area contributed by atoms with Gasteiger partial charge >= 0.3 is 41.6 Å². The van der Waals surface area contributed by atoms with Gasteiger partial charge < -0.3 is 24.8 Å². The maximum atomic E-state index is 3.22. The van der Waals surface area contributed by atoms with Crippen LogP contribution >= 0.6 is 0 Å². The van der Waals surface area contributed by atoms with E-state index in [9.17, 15) is 0 Å². The Labute approximate surface area is 236 Å². The minimum atomic E-state index is 0. The molecule has 1 aliphatic carbocycles. The van der Waals surface area contributed by atoms with Gasteiger partial charge in [0.25, 0.3) is 0 Å². The summed E-state index contributed by atoms with van der Waals surface area (Å²) in [6.07, 6.45) is 7.47. The van der Waals surface area contributed by atoms with Crippen molar-refractivity contribution in [2.24, 2.45) is 5.92 Å². The molecule has 1 atom stereocenters. The third kappa shape index (κ3) is 9.84. The van der Waals surface area contributed by atoms with Crippen LogP contribution in [0.15, 0.2) is 60.2 Å². The first-order valence-corrected chi connectivity index (χ1v) is 19.5. The number of halogens is 2. The Kier molecular flexibility index (Phi) is 13.5. The van der Waals surface area contributed by atoms with Gasteiger partial charge in [-0.3, -0.25) is 6.08 Å². The first-order chi connectivity index (χ1) is 14.7. The number of hydrogen-bond donors (Lipinski definition) is 0. The van der Waals surface area contributed by atoms with Gasteiger partial charge in [0.05, 0.1) is 0 Å². The normalized spacial score (nSPS) is 14.8. The first-order valence-electron chi connectivity index (χ1n) is 11.6. The van der Waals surface area contributed by atoms with Gasteiger partial charge in [-0.25, -0.2) is 11.6 Å². The minimum Gasteiger partial charge on any atom is -1.00 e. The van der Waals surface area contributed by atoms with E-state index in [4.69, 9.17) is 0 Å². The third-order valence-corrected chi connectivity index (χ3v) is 5.53. The summed E-state index contributed by atoms with van der Waals surface area (Å²) in [6.45, 7) is 22.5. The van der Waals surface area contributed by atoms with Gasteiger partial charge in [-0.1, -0.05) is 96.7 Å². The van der Waals surface area contributed by atoms with Gasteiger partial charge in [0.2, 0.25) is 0 Å². The zero-order valence-electron chi connectivity index (χ0n) is 22.5. The molecule has 0 fully saturated rings. The van der Waals surface area contributed by atoms with Crippen molar-refractivity contribution in [3.63, 3.8) is 0 Å². The number of fused-ring (bicyclic) bond motifs is 3. The van der Waals surface area contributed by atoms with Crippen LogP contribution in [-0.4, -0.2) is 5.49 Å². The van der Waals surface area contributed by atoms with Gasteiger partial charge in [-0.05, 0) is 10.8 Å². The molecule has 0 heterocycles. The van der Waals surface area contributed by atoms with Crippen LogP contribution < -0.4 is 24.8 Å². The molecule has 0 amide bonds. The van der Waals surface area contributed by atoms with E-state index in [0.717, 1.165) is 0 Å². The molecular weight excluding hydrogens is 638 g/mol. The summed E-state index contributed by atoms with van der Waals surface area (Å²) in [5.74, 6) is 0.556. The maximum absolute atomic E-state index is 3.22. The van der Waals surface area contributed by atoms with E-state index in [1.54, 1.807) is 0 Å². The zero-order chi connectivity index (χ0) is 24.3. The second-order valence-electron chi connectivity index (χ2n) is 11.2. The predicted octanol–water partition coefficient (Wildman–Crippen LogP) is 3.04. The molecule has 0 saturated heterocycles. The van der Waals surface area contributed by atoms with E-state index in [-0.39, 0.29) is 41.1 Å². The summed E-state index contributed by atoms with van der Waals surface area (Å²) in [4.78, 5) is 0. The monoisotopic (exact) mass is 678 g/mol. The Morgan fingerprint density at radius 2 is 1.21 bits per heavy atom. The molecule has 4 rings (SSSR count). The molecular formula is C30H40Cl2HfSi-2. The average molecular weight is 678 g/mol. The standard InChI is InChI=1S/C21H25.C7H9.C2H6Si.2ClH.Hf/c1-20(2,3)16-7-9-18-14(12-16)11-15-13-17(21(4,5)6)8-10-19(15)18;1-6-3-4-7(2)5-6;1-3-2;;;/h7-13H,1-6H3;3-4,6H,1-2H3;1-2H3;2*1H;/q2*-1;;;;+2/p-2. The zero-order valence-corrected chi connectivity index (χ0v) is 28.6. The molecule has 0 spiro atoms. The molecule has 1 unspecified atom stereocenters. The molecule has 0 aliphatic heterocycles. The van der Waals surface area contributed by atoms with Crippen LogP contribution in [-0.2, 0) is 33.8 Å². The Bertz CT molecular complexity index is 1080. The fourth-order valence-electron chi connectivity index (χ4n) is 3.70. The van der Waals surface area contributed by atoms with Crippen LogP contribution in [0.5, 0.6) is 0 Å². The Hall–Kier alpha value is -0.543. The molecule has 0 radical (unpaired) electrons. The summed E-state index contributed by atoms with van der Waals surface area (Å²) >= 11 is 1.45. The summed E-state index contributed by atoms with van der Waals surface area (Å²) in [7, 11) is 0. The van der Waals surface area contributed by atoms with Crippen LogP contribution in [0.25, 0.3) is 21.5 Å². The summed E-state index contributed by atoms with van der Waals surface area (Å²) in [5.41, 5.74) is 4.74. The first kappa shape index (κ1) is 33.5. The van der Waals surface area contributed by atoms with Crippen LogP contribution in [0.2, 0.25) is 13.1 Å². The van der Waals surface area contributed by atoms with Crippen molar-refractivity contribution in [3.8, 4) is 0 Å². The van der Waals surface area contributed by atoms with Crippen molar-refractivity contribution in [2.75, 3.05) is 0 Å². The molecule has 0 N–H and O–H groups in total. The van der Waals surface area contributed by atoms with Gasteiger partial charge in [0, 0.05) is 0 Å². The second kappa shape index (κ2) is 13.7. The van der Waals surface area contributed by atoms with Crippen molar-refractivity contribution in [1.29, 1.82) is 0 Å². The maximum Gasteiger partial charge on any atom is -1.00 e. The molecule has 184 valence electrons. The molecule has 1 aliphatic rings. The van der Waals surface area contributed by atoms with Crippen molar-refractivity contribution >= 4 is 27.0 Å². The predicted molar refractivity (Wildman–Crippen MR) is 143 cm³/mol. The third-order valence-electron chi connectivity index (χ3n) is 5.53. The van der Waals surface area contributed by atoms with Gasteiger partial charge in [0.1, 0.15) is 0 Å². The number of rotatable bonds is 0. The Morgan fingerprint density at radius 3 is 1.44 bits per heavy atom. The number of benzene rings is 2. The quantitative estimate of drug-likeness (QED) is 0.254. The topological polar surface area (TPSA) is 0 Å². The SMILES string of the molecule is CC(C)(C)c1ccc2c(c1)[cH-]c1cc(C(C)(C)C)ccc12.CC1=[C-]C(C)C=C1.C[Si](C)=[Hf+2].[Cl-].[Cl-]. The van der Waals surface area contributed by atoms with E-state index in [1.165, 1.54) is 61.2 Å². The van der Waals surface area contributed by atoms with E-state index in [2.05, 4.69) is 129 Å². The fraction of sp³-hybridized carbons (Fsp3) is 0.433. The number of allylic oxidation sites excluding steroid dienone is 4. The van der Waals surface area contributed by atoms with Crippen molar-refractivity contribution < 1.29 is 47.8 Å². The molecule has 34 heavy (non-hydrogen) atoms. The van der Waals surface area contributed by atoms with Crippen molar-refractivity contribution in [1.82, 2.24) is 0 Å². The van der Waals surface area contributed by atoms with Gasteiger partial charge in [0.15, 0.2) is 0 Å². The molecule has 3 aromatic rings. The molecule has 0 bridgehead atoms. The van der Waals surface area contributed by atoms with Crippen LogP contribution in [0.1, 0.15) is 66.5 Å². The van der Waals surface area contributed by atoms with E-state index in [1.807, 2.05) is 0 Å². The molecule has 3 aromatic carbocycles. The summed E-state index contributed by atoms with van der Waals surface area (Å²) < 4.78 is 0. The van der Waals surface area contributed by atoms with Crippen molar-refractivity contribution in [2.45, 2.75) is 79.3 Å². The Balaban J connectivity index is 0.000000702. The van der Waals surface area contributed by atoms with Crippen LogP contribution in [0.3, 0.4) is 0 Å². The Morgan fingerprint density at radius 1 is 0.824 bits per heavy atom. The molecule has 0 aromatic heterocycles.